The first kappa shape index (κ1) is 10.5. The van der Waals surface area contributed by atoms with Crippen LogP contribution in [0.4, 0.5) is 0 Å². The normalized spacial score (nSPS) is 15.4. The Kier molecular flexibility index (Phi) is 3.31. The van der Waals surface area contributed by atoms with E-state index < -0.39 is 5.54 Å². The van der Waals surface area contributed by atoms with E-state index in [9.17, 15) is 0 Å². The molecule has 1 unspecified atom stereocenters. The Bertz CT molecular complexity index is 269. The monoisotopic (exact) mass is 199 g/mol. The number of halogens is 1. The lowest BCUT2D eigenvalue weighted by molar-refractivity contribution is 0.141. The molecule has 0 fully saturated rings. The highest BCUT2D eigenvalue weighted by molar-refractivity contribution is 6.30. The van der Waals surface area contributed by atoms with Crippen molar-refractivity contribution < 1.29 is 4.74 Å². The van der Waals surface area contributed by atoms with Crippen molar-refractivity contribution >= 4 is 11.6 Å². The molecule has 0 bridgehead atoms. The van der Waals surface area contributed by atoms with Gasteiger partial charge in [0, 0.05) is 12.1 Å². The van der Waals surface area contributed by atoms with Crippen molar-refractivity contribution in [1.29, 1.82) is 0 Å². The first-order valence-electron chi connectivity index (χ1n) is 4.10. The Morgan fingerprint density at radius 3 is 2.38 bits per heavy atom. The molecule has 0 radical (unpaired) electrons. The fourth-order valence-electron chi connectivity index (χ4n) is 1.21. The smallest absolute Gasteiger partial charge is 0.0681 e. The van der Waals surface area contributed by atoms with Gasteiger partial charge in [-0.2, -0.15) is 0 Å². The van der Waals surface area contributed by atoms with Crippen molar-refractivity contribution in [3.8, 4) is 0 Å². The second-order valence-corrected chi connectivity index (χ2v) is 3.79. The molecular weight excluding hydrogens is 186 g/mol. The van der Waals surface area contributed by atoms with Crippen LogP contribution in [0.3, 0.4) is 0 Å². The van der Waals surface area contributed by atoms with Crippen LogP contribution < -0.4 is 5.73 Å². The average Bonchev–Trinajstić information content (AvgIpc) is 2.05. The van der Waals surface area contributed by atoms with E-state index in [1.807, 2.05) is 31.2 Å². The highest BCUT2D eigenvalue weighted by Crippen LogP contribution is 2.19. The lowest BCUT2D eigenvalue weighted by atomic mass is 9.94. The van der Waals surface area contributed by atoms with Gasteiger partial charge in [0.25, 0.3) is 0 Å². The van der Waals surface area contributed by atoms with Gasteiger partial charge in [0.15, 0.2) is 0 Å². The molecule has 2 N–H and O–H groups in total. The Morgan fingerprint density at radius 2 is 1.92 bits per heavy atom. The highest BCUT2D eigenvalue weighted by Gasteiger charge is 2.20. The van der Waals surface area contributed by atoms with Gasteiger partial charge in [-0.05, 0) is 24.6 Å². The second-order valence-electron chi connectivity index (χ2n) is 3.36. The number of hydrogen-bond donors (Lipinski definition) is 1. The van der Waals surface area contributed by atoms with E-state index in [-0.39, 0.29) is 0 Å². The second kappa shape index (κ2) is 4.09. The van der Waals surface area contributed by atoms with Crippen LogP contribution in [0.1, 0.15) is 12.5 Å². The Hall–Kier alpha value is -0.570. The molecule has 0 heterocycles. The number of benzene rings is 1. The van der Waals surface area contributed by atoms with Crippen LogP contribution in [-0.4, -0.2) is 13.7 Å². The number of methoxy groups -OCH3 is 1. The summed E-state index contributed by atoms with van der Waals surface area (Å²) in [6.45, 7) is 2.42. The maximum absolute atomic E-state index is 6.03. The van der Waals surface area contributed by atoms with Gasteiger partial charge in [0.1, 0.15) is 0 Å². The molecule has 0 amide bonds. The van der Waals surface area contributed by atoms with Crippen LogP contribution in [0.2, 0.25) is 5.02 Å². The predicted octanol–water partition coefficient (Wildman–Crippen LogP) is 2.16. The first-order chi connectivity index (χ1) is 6.06. The van der Waals surface area contributed by atoms with Crippen LogP contribution in [0.15, 0.2) is 24.3 Å². The molecule has 13 heavy (non-hydrogen) atoms. The van der Waals surface area contributed by atoms with Crippen molar-refractivity contribution in [2.24, 2.45) is 5.73 Å². The molecule has 1 atom stereocenters. The molecule has 0 aliphatic heterocycles. The molecule has 1 aromatic rings. The molecule has 3 heteroatoms. The largest absolute Gasteiger partial charge is 0.382 e. The summed E-state index contributed by atoms with van der Waals surface area (Å²) < 4.78 is 5.03. The number of rotatable bonds is 3. The van der Waals surface area contributed by atoms with Crippen molar-refractivity contribution in [2.75, 3.05) is 13.7 Å². The minimum Gasteiger partial charge on any atom is -0.382 e. The van der Waals surface area contributed by atoms with Crippen LogP contribution in [0, 0.1) is 0 Å². The summed E-state index contributed by atoms with van der Waals surface area (Å²) in [5, 5.41) is 0.719. The zero-order valence-electron chi connectivity index (χ0n) is 7.88. The molecule has 0 saturated heterocycles. The average molecular weight is 200 g/mol. The van der Waals surface area contributed by atoms with Gasteiger partial charge in [-0.25, -0.2) is 0 Å². The van der Waals surface area contributed by atoms with Crippen molar-refractivity contribution in [3.05, 3.63) is 34.9 Å². The standard InChI is InChI=1S/C10H14ClNO/c1-10(12,7-13-2)8-3-5-9(11)6-4-8/h3-6H,7,12H2,1-2H3. The Balaban J connectivity index is 2.87. The van der Waals surface area contributed by atoms with Gasteiger partial charge in [-0.3, -0.25) is 0 Å². The first-order valence-corrected chi connectivity index (χ1v) is 4.48. The summed E-state index contributed by atoms with van der Waals surface area (Å²) in [6.07, 6.45) is 0. The summed E-state index contributed by atoms with van der Waals surface area (Å²) in [5.74, 6) is 0. The van der Waals surface area contributed by atoms with Gasteiger partial charge in [-0.15, -0.1) is 0 Å². The van der Waals surface area contributed by atoms with Crippen LogP contribution in [-0.2, 0) is 10.3 Å². The molecule has 0 spiro atoms. The van der Waals surface area contributed by atoms with Gasteiger partial charge < -0.3 is 10.5 Å². The zero-order valence-corrected chi connectivity index (χ0v) is 8.64. The molecule has 0 saturated carbocycles. The molecule has 0 aliphatic rings. The molecule has 1 aromatic carbocycles. The number of ether oxygens (including phenoxy) is 1. The third-order valence-electron chi connectivity index (χ3n) is 1.95. The Labute approximate surface area is 83.6 Å². The van der Waals surface area contributed by atoms with E-state index in [1.54, 1.807) is 7.11 Å². The van der Waals surface area contributed by atoms with Crippen molar-refractivity contribution in [3.63, 3.8) is 0 Å². The minimum absolute atomic E-state index is 0.445. The fraction of sp³-hybridized carbons (Fsp3) is 0.400. The summed E-state index contributed by atoms with van der Waals surface area (Å²) in [5.41, 5.74) is 6.61. The van der Waals surface area contributed by atoms with Crippen molar-refractivity contribution in [1.82, 2.24) is 0 Å². The van der Waals surface area contributed by atoms with E-state index in [1.165, 1.54) is 0 Å². The maximum Gasteiger partial charge on any atom is 0.0681 e. The summed E-state index contributed by atoms with van der Waals surface area (Å²) >= 11 is 5.77. The third kappa shape index (κ3) is 2.69. The fourth-order valence-corrected chi connectivity index (χ4v) is 1.34. The number of nitrogens with two attached hydrogens (primary N) is 1. The molecule has 1 rings (SSSR count). The molecule has 72 valence electrons. The van der Waals surface area contributed by atoms with Crippen LogP contribution in [0.5, 0.6) is 0 Å². The van der Waals surface area contributed by atoms with Gasteiger partial charge in [-0.1, -0.05) is 23.7 Å². The maximum atomic E-state index is 6.03. The summed E-state index contributed by atoms with van der Waals surface area (Å²) in [6, 6.07) is 7.50. The van der Waals surface area contributed by atoms with Gasteiger partial charge >= 0.3 is 0 Å². The van der Waals surface area contributed by atoms with Crippen molar-refractivity contribution in [2.45, 2.75) is 12.5 Å². The SMILES string of the molecule is COCC(C)(N)c1ccc(Cl)cc1. The molecule has 0 aliphatic carbocycles. The van der Waals surface area contributed by atoms with E-state index >= 15 is 0 Å². The lowest BCUT2D eigenvalue weighted by Gasteiger charge is -2.24. The minimum atomic E-state index is -0.445. The quantitative estimate of drug-likeness (QED) is 0.810. The lowest BCUT2D eigenvalue weighted by Crippen LogP contribution is -2.37. The summed E-state index contributed by atoms with van der Waals surface area (Å²) in [7, 11) is 1.64. The van der Waals surface area contributed by atoms with Crippen LogP contribution >= 0.6 is 11.6 Å². The van der Waals surface area contributed by atoms with E-state index in [0.29, 0.717) is 6.61 Å². The van der Waals surface area contributed by atoms with E-state index in [4.69, 9.17) is 22.1 Å². The predicted molar refractivity (Wildman–Crippen MR) is 54.9 cm³/mol. The van der Waals surface area contributed by atoms with Crippen LogP contribution in [0.25, 0.3) is 0 Å². The number of hydrogen-bond acceptors (Lipinski definition) is 2. The van der Waals surface area contributed by atoms with Gasteiger partial charge in [0.2, 0.25) is 0 Å². The molecule has 0 aromatic heterocycles. The van der Waals surface area contributed by atoms with E-state index in [0.717, 1.165) is 10.6 Å². The van der Waals surface area contributed by atoms with E-state index in [2.05, 4.69) is 0 Å². The highest BCUT2D eigenvalue weighted by atomic mass is 35.5. The molecular formula is C10H14ClNO. The Morgan fingerprint density at radius 1 is 1.38 bits per heavy atom. The summed E-state index contributed by atoms with van der Waals surface area (Å²) in [4.78, 5) is 0. The molecule has 2 nitrogen and oxygen atoms in total. The topological polar surface area (TPSA) is 35.2 Å². The van der Waals surface area contributed by atoms with Gasteiger partial charge in [0.05, 0.1) is 12.1 Å². The third-order valence-corrected chi connectivity index (χ3v) is 2.20. The zero-order chi connectivity index (χ0) is 9.90.